The van der Waals surface area contributed by atoms with E-state index in [4.69, 9.17) is 10.5 Å². The van der Waals surface area contributed by atoms with Crippen molar-refractivity contribution < 1.29 is 9.53 Å². The zero-order valence-electron chi connectivity index (χ0n) is 13.9. The van der Waals surface area contributed by atoms with Gasteiger partial charge in [0.15, 0.2) is 0 Å². The molecule has 24 heavy (non-hydrogen) atoms. The van der Waals surface area contributed by atoms with Crippen molar-refractivity contribution in [2.24, 2.45) is 18.7 Å². The van der Waals surface area contributed by atoms with Crippen LogP contribution < -0.4 is 15.8 Å². The largest absolute Gasteiger partial charge is 0.496 e. The summed E-state index contributed by atoms with van der Waals surface area (Å²) in [5.41, 5.74) is 7.99. The molecule has 1 heterocycles. The fourth-order valence-corrected chi connectivity index (χ4v) is 2.69. The Morgan fingerprint density at radius 3 is 2.83 bits per heavy atom. The van der Waals surface area contributed by atoms with E-state index in [0.717, 1.165) is 18.4 Å². The Hall–Kier alpha value is -2.05. The SMILES string of the molecule is COc1ccccc1-c1nn(C)cc1C(=O)NCC(N)C1CC1.Cl. The van der Waals surface area contributed by atoms with E-state index >= 15 is 0 Å². The highest BCUT2D eigenvalue weighted by molar-refractivity contribution is 6.00. The number of nitrogens with two attached hydrogens (primary N) is 1. The van der Waals surface area contributed by atoms with Gasteiger partial charge < -0.3 is 15.8 Å². The van der Waals surface area contributed by atoms with Crippen molar-refractivity contribution in [3.63, 3.8) is 0 Å². The molecule has 1 amide bonds. The van der Waals surface area contributed by atoms with Gasteiger partial charge in [0.05, 0.1) is 12.7 Å². The molecule has 6 nitrogen and oxygen atoms in total. The fraction of sp³-hybridized carbons (Fsp3) is 0.412. The molecular weight excluding hydrogens is 328 g/mol. The quantitative estimate of drug-likeness (QED) is 0.834. The molecule has 0 radical (unpaired) electrons. The number of nitrogens with one attached hydrogen (secondary N) is 1. The van der Waals surface area contributed by atoms with E-state index in [1.807, 2.05) is 24.3 Å². The second kappa shape index (κ2) is 7.68. The van der Waals surface area contributed by atoms with Gasteiger partial charge in [-0.3, -0.25) is 9.48 Å². The number of carbonyl (C=O) groups is 1. The summed E-state index contributed by atoms with van der Waals surface area (Å²) in [4.78, 5) is 12.5. The fourth-order valence-electron chi connectivity index (χ4n) is 2.69. The molecule has 1 aliphatic carbocycles. The zero-order chi connectivity index (χ0) is 16.4. The van der Waals surface area contributed by atoms with Gasteiger partial charge in [-0.15, -0.1) is 12.4 Å². The Morgan fingerprint density at radius 2 is 2.17 bits per heavy atom. The topological polar surface area (TPSA) is 82.2 Å². The average molecular weight is 351 g/mol. The summed E-state index contributed by atoms with van der Waals surface area (Å²) in [6.07, 6.45) is 4.05. The molecular formula is C17H23ClN4O2. The molecule has 3 rings (SSSR count). The number of nitrogens with zero attached hydrogens (tertiary/aromatic N) is 2. The summed E-state index contributed by atoms with van der Waals surface area (Å²) >= 11 is 0. The third-order valence-electron chi connectivity index (χ3n) is 4.16. The number of rotatable bonds is 6. The number of halogens is 1. The molecule has 130 valence electrons. The molecule has 0 saturated heterocycles. The first-order valence-electron chi connectivity index (χ1n) is 7.81. The third kappa shape index (κ3) is 3.88. The van der Waals surface area contributed by atoms with Crippen molar-refractivity contribution in [1.82, 2.24) is 15.1 Å². The molecule has 0 spiro atoms. The van der Waals surface area contributed by atoms with E-state index in [1.165, 1.54) is 0 Å². The van der Waals surface area contributed by atoms with Gasteiger partial charge in [0.1, 0.15) is 11.4 Å². The second-order valence-corrected chi connectivity index (χ2v) is 5.98. The van der Waals surface area contributed by atoms with Crippen LogP contribution in [0.25, 0.3) is 11.3 Å². The predicted molar refractivity (Wildman–Crippen MR) is 95.5 cm³/mol. The Kier molecular flexibility index (Phi) is 5.85. The minimum atomic E-state index is -0.157. The minimum Gasteiger partial charge on any atom is -0.496 e. The molecule has 1 saturated carbocycles. The van der Waals surface area contributed by atoms with Crippen LogP contribution in [0, 0.1) is 5.92 Å². The summed E-state index contributed by atoms with van der Waals surface area (Å²) in [7, 11) is 3.40. The zero-order valence-corrected chi connectivity index (χ0v) is 14.7. The number of aryl methyl sites for hydroxylation is 1. The van der Waals surface area contributed by atoms with E-state index in [-0.39, 0.29) is 24.4 Å². The van der Waals surface area contributed by atoms with Gasteiger partial charge in [-0.2, -0.15) is 5.10 Å². The summed E-state index contributed by atoms with van der Waals surface area (Å²) in [6.45, 7) is 0.490. The summed E-state index contributed by atoms with van der Waals surface area (Å²) in [5, 5.41) is 7.35. The minimum absolute atomic E-state index is 0. The Labute approximate surface area is 147 Å². The number of hydrogen-bond acceptors (Lipinski definition) is 4. The van der Waals surface area contributed by atoms with E-state index < -0.39 is 0 Å². The Balaban J connectivity index is 0.00000208. The first kappa shape index (κ1) is 18.3. The maximum atomic E-state index is 12.5. The number of para-hydroxylation sites is 1. The molecule has 1 unspecified atom stereocenters. The van der Waals surface area contributed by atoms with Crippen LogP contribution in [0.3, 0.4) is 0 Å². The van der Waals surface area contributed by atoms with Gasteiger partial charge in [0.2, 0.25) is 0 Å². The second-order valence-electron chi connectivity index (χ2n) is 5.98. The Bertz CT molecular complexity index is 712. The van der Waals surface area contributed by atoms with Crippen LogP contribution >= 0.6 is 12.4 Å². The lowest BCUT2D eigenvalue weighted by molar-refractivity contribution is 0.0951. The third-order valence-corrected chi connectivity index (χ3v) is 4.16. The van der Waals surface area contributed by atoms with Crippen LogP contribution in [-0.2, 0) is 7.05 Å². The van der Waals surface area contributed by atoms with Gasteiger partial charge in [0, 0.05) is 31.4 Å². The lowest BCUT2D eigenvalue weighted by Crippen LogP contribution is -2.38. The van der Waals surface area contributed by atoms with Crippen LogP contribution in [0.2, 0.25) is 0 Å². The van der Waals surface area contributed by atoms with Crippen LogP contribution in [0.4, 0.5) is 0 Å². The highest BCUT2D eigenvalue weighted by Crippen LogP contribution is 2.32. The Morgan fingerprint density at radius 1 is 1.46 bits per heavy atom. The normalized spacial score (nSPS) is 14.6. The highest BCUT2D eigenvalue weighted by Gasteiger charge is 2.29. The van der Waals surface area contributed by atoms with Gasteiger partial charge in [-0.1, -0.05) is 12.1 Å². The lowest BCUT2D eigenvalue weighted by atomic mass is 10.1. The number of ether oxygens (including phenoxy) is 1. The van der Waals surface area contributed by atoms with Crippen molar-refractivity contribution in [3.05, 3.63) is 36.0 Å². The van der Waals surface area contributed by atoms with E-state index in [9.17, 15) is 4.79 Å². The molecule has 3 N–H and O–H groups in total. The first-order chi connectivity index (χ1) is 11.1. The molecule has 1 atom stereocenters. The van der Waals surface area contributed by atoms with Crippen LogP contribution in [0.15, 0.2) is 30.5 Å². The number of hydrogen-bond donors (Lipinski definition) is 2. The standard InChI is InChI=1S/C17H22N4O2.ClH/c1-21-10-13(17(22)19-9-14(18)11-7-8-11)16(20-21)12-5-3-4-6-15(12)23-2;/h3-6,10-11,14H,7-9,18H2,1-2H3,(H,19,22);1H. The molecule has 0 aliphatic heterocycles. The first-order valence-corrected chi connectivity index (χ1v) is 7.81. The van der Waals surface area contributed by atoms with Gasteiger partial charge in [-0.05, 0) is 30.9 Å². The number of carbonyl (C=O) groups excluding carboxylic acids is 1. The number of aromatic nitrogens is 2. The highest BCUT2D eigenvalue weighted by atomic mass is 35.5. The van der Waals surface area contributed by atoms with E-state index in [1.54, 1.807) is 25.0 Å². The van der Waals surface area contributed by atoms with Crippen molar-refractivity contribution in [3.8, 4) is 17.0 Å². The molecule has 1 aliphatic rings. The van der Waals surface area contributed by atoms with Crippen molar-refractivity contribution in [1.29, 1.82) is 0 Å². The lowest BCUT2D eigenvalue weighted by Gasteiger charge is -2.12. The molecule has 1 aromatic carbocycles. The maximum absolute atomic E-state index is 12.5. The van der Waals surface area contributed by atoms with Crippen LogP contribution in [0.1, 0.15) is 23.2 Å². The summed E-state index contributed by atoms with van der Waals surface area (Å²) in [5.74, 6) is 1.09. The monoisotopic (exact) mass is 350 g/mol. The number of benzene rings is 1. The molecule has 1 fully saturated rings. The number of methoxy groups -OCH3 is 1. The average Bonchev–Trinajstić information content (AvgIpc) is 3.34. The van der Waals surface area contributed by atoms with E-state index in [0.29, 0.717) is 29.5 Å². The molecule has 7 heteroatoms. The van der Waals surface area contributed by atoms with Crippen molar-refractivity contribution in [2.75, 3.05) is 13.7 Å². The van der Waals surface area contributed by atoms with Gasteiger partial charge in [0.25, 0.3) is 5.91 Å². The number of amides is 1. The summed E-state index contributed by atoms with van der Waals surface area (Å²) in [6, 6.07) is 7.57. The van der Waals surface area contributed by atoms with E-state index in [2.05, 4.69) is 10.4 Å². The van der Waals surface area contributed by atoms with Crippen LogP contribution in [-0.4, -0.2) is 35.4 Å². The van der Waals surface area contributed by atoms with Gasteiger partial charge in [-0.25, -0.2) is 0 Å². The summed E-state index contributed by atoms with van der Waals surface area (Å²) < 4.78 is 7.02. The predicted octanol–water partition coefficient (Wildman–Crippen LogP) is 1.98. The van der Waals surface area contributed by atoms with Crippen molar-refractivity contribution in [2.45, 2.75) is 18.9 Å². The van der Waals surface area contributed by atoms with Crippen LogP contribution in [0.5, 0.6) is 5.75 Å². The maximum Gasteiger partial charge on any atom is 0.255 e. The van der Waals surface area contributed by atoms with Crippen molar-refractivity contribution >= 4 is 18.3 Å². The van der Waals surface area contributed by atoms with Gasteiger partial charge >= 0.3 is 0 Å². The molecule has 0 bridgehead atoms. The molecule has 2 aromatic rings. The smallest absolute Gasteiger partial charge is 0.255 e. The molecule has 1 aromatic heterocycles.